The fraction of sp³-hybridized carbons (Fsp3) is 0.538. The Morgan fingerprint density at radius 2 is 1.94 bits per heavy atom. The van der Waals surface area contributed by atoms with Gasteiger partial charge in [-0.15, -0.1) is 11.8 Å². The molecule has 1 atom stereocenters. The van der Waals surface area contributed by atoms with Crippen LogP contribution in [0.5, 0.6) is 0 Å². The maximum absolute atomic E-state index is 9.81. The third-order valence-electron chi connectivity index (χ3n) is 2.35. The summed E-state index contributed by atoms with van der Waals surface area (Å²) in [6, 6.07) is 8.13. The summed E-state index contributed by atoms with van der Waals surface area (Å²) in [5, 5.41) is 9.81. The van der Waals surface area contributed by atoms with Crippen molar-refractivity contribution in [2.24, 2.45) is 5.92 Å². The van der Waals surface area contributed by atoms with Crippen LogP contribution in [0.4, 0.5) is 0 Å². The predicted octanol–water partition coefficient (Wildman–Crippen LogP) is 4.34. The molecule has 0 saturated carbocycles. The van der Waals surface area contributed by atoms with Gasteiger partial charge in [-0.2, -0.15) is 0 Å². The van der Waals surface area contributed by atoms with Crippen molar-refractivity contribution in [2.75, 3.05) is 5.75 Å². The highest BCUT2D eigenvalue weighted by molar-refractivity contribution is 9.10. The number of halogens is 1. The van der Waals surface area contributed by atoms with Crippen molar-refractivity contribution in [1.29, 1.82) is 0 Å². The maximum Gasteiger partial charge on any atom is 0.0634 e. The van der Waals surface area contributed by atoms with E-state index < -0.39 is 0 Å². The molecule has 90 valence electrons. The monoisotopic (exact) mass is 302 g/mol. The Kier molecular flexibility index (Phi) is 6.47. The second kappa shape index (κ2) is 7.36. The largest absolute Gasteiger partial charge is 0.392 e. The van der Waals surface area contributed by atoms with Crippen molar-refractivity contribution >= 4 is 27.7 Å². The molecule has 1 N–H and O–H groups in total. The summed E-state index contributed by atoms with van der Waals surface area (Å²) in [6.45, 7) is 4.38. The minimum absolute atomic E-state index is 0.195. The van der Waals surface area contributed by atoms with Gasteiger partial charge in [0.05, 0.1) is 6.10 Å². The van der Waals surface area contributed by atoms with Crippen molar-refractivity contribution in [2.45, 2.75) is 37.7 Å². The third kappa shape index (κ3) is 5.37. The van der Waals surface area contributed by atoms with Crippen LogP contribution in [0.3, 0.4) is 0 Å². The first kappa shape index (κ1) is 14.1. The zero-order valence-corrected chi connectivity index (χ0v) is 12.2. The molecule has 0 aromatic heterocycles. The number of hydrogen-bond donors (Lipinski definition) is 1. The summed E-state index contributed by atoms with van der Waals surface area (Å²) in [6.07, 6.45) is 1.80. The smallest absolute Gasteiger partial charge is 0.0634 e. The first-order valence-corrected chi connectivity index (χ1v) is 7.43. The molecule has 0 aliphatic heterocycles. The second-order valence-electron chi connectivity index (χ2n) is 4.37. The van der Waals surface area contributed by atoms with Crippen LogP contribution in [0.1, 0.15) is 26.7 Å². The van der Waals surface area contributed by atoms with Crippen molar-refractivity contribution in [3.63, 3.8) is 0 Å². The molecule has 3 heteroatoms. The summed E-state index contributed by atoms with van der Waals surface area (Å²) in [5.74, 6) is 1.44. The van der Waals surface area contributed by atoms with Crippen molar-refractivity contribution in [1.82, 2.24) is 0 Å². The molecule has 1 nitrogen and oxygen atoms in total. The fourth-order valence-electron chi connectivity index (χ4n) is 1.36. The lowest BCUT2D eigenvalue weighted by Gasteiger charge is -2.12. The van der Waals surface area contributed by atoms with E-state index in [-0.39, 0.29) is 6.10 Å². The normalized spacial score (nSPS) is 13.1. The lowest BCUT2D eigenvalue weighted by molar-refractivity contribution is 0.180. The molecule has 0 radical (unpaired) electrons. The Morgan fingerprint density at radius 3 is 2.56 bits per heavy atom. The van der Waals surface area contributed by atoms with Crippen LogP contribution in [-0.2, 0) is 0 Å². The number of hydrogen-bond acceptors (Lipinski definition) is 2. The molecule has 1 rings (SSSR count). The topological polar surface area (TPSA) is 20.2 Å². The van der Waals surface area contributed by atoms with E-state index in [0.717, 1.165) is 23.1 Å². The molecule has 1 aromatic rings. The van der Waals surface area contributed by atoms with E-state index >= 15 is 0 Å². The van der Waals surface area contributed by atoms with Crippen LogP contribution in [0.2, 0.25) is 0 Å². The van der Waals surface area contributed by atoms with E-state index in [2.05, 4.69) is 35.8 Å². The average Bonchev–Trinajstić information content (AvgIpc) is 2.25. The summed E-state index contributed by atoms with van der Waals surface area (Å²) in [7, 11) is 0. The molecule has 0 amide bonds. The highest BCUT2D eigenvalue weighted by atomic mass is 79.9. The molecule has 0 fully saturated rings. The van der Waals surface area contributed by atoms with Gasteiger partial charge in [0.25, 0.3) is 0 Å². The fourth-order valence-corrected chi connectivity index (χ4v) is 2.90. The first-order chi connectivity index (χ1) is 7.59. The van der Waals surface area contributed by atoms with Crippen molar-refractivity contribution in [3.8, 4) is 0 Å². The predicted molar refractivity (Wildman–Crippen MR) is 74.9 cm³/mol. The van der Waals surface area contributed by atoms with E-state index in [4.69, 9.17) is 0 Å². The van der Waals surface area contributed by atoms with E-state index in [9.17, 15) is 5.11 Å². The minimum atomic E-state index is -0.195. The Bertz CT molecular complexity index is 315. The van der Waals surface area contributed by atoms with Gasteiger partial charge in [-0.05, 0) is 46.8 Å². The molecule has 16 heavy (non-hydrogen) atoms. The van der Waals surface area contributed by atoms with Gasteiger partial charge in [0.1, 0.15) is 0 Å². The van der Waals surface area contributed by atoms with Gasteiger partial charge in [0.2, 0.25) is 0 Å². The molecule has 1 unspecified atom stereocenters. The summed E-state index contributed by atoms with van der Waals surface area (Å²) < 4.78 is 1.11. The highest BCUT2D eigenvalue weighted by Gasteiger charge is 2.07. The third-order valence-corrected chi connectivity index (χ3v) is 4.52. The van der Waals surface area contributed by atoms with Gasteiger partial charge in [-0.3, -0.25) is 0 Å². The van der Waals surface area contributed by atoms with Crippen molar-refractivity contribution in [3.05, 3.63) is 28.7 Å². The molecule has 0 bridgehead atoms. The molecule has 0 aliphatic rings. The molecular weight excluding hydrogens is 284 g/mol. The number of thioether (sulfide) groups is 1. The van der Waals surface area contributed by atoms with Gasteiger partial charge in [0, 0.05) is 15.1 Å². The first-order valence-electron chi connectivity index (χ1n) is 5.65. The number of benzene rings is 1. The summed E-state index contributed by atoms with van der Waals surface area (Å²) >= 11 is 5.22. The highest BCUT2D eigenvalue weighted by Crippen LogP contribution is 2.28. The molecule has 1 aromatic carbocycles. The average molecular weight is 303 g/mol. The Balaban J connectivity index is 2.31. The van der Waals surface area contributed by atoms with Gasteiger partial charge in [-0.25, -0.2) is 0 Å². The van der Waals surface area contributed by atoms with Crippen LogP contribution < -0.4 is 0 Å². The number of aliphatic hydroxyl groups excluding tert-OH is 1. The molecule has 0 spiro atoms. The van der Waals surface area contributed by atoms with Crippen LogP contribution in [-0.4, -0.2) is 17.0 Å². The SMILES string of the molecule is CC(C)CCC(O)CSc1ccccc1Br. The quantitative estimate of drug-likeness (QED) is 0.789. The van der Waals surface area contributed by atoms with Gasteiger partial charge < -0.3 is 5.11 Å². The second-order valence-corrected chi connectivity index (χ2v) is 6.28. The Labute approximate surface area is 111 Å². The van der Waals surface area contributed by atoms with Crippen LogP contribution in [0.15, 0.2) is 33.6 Å². The summed E-state index contributed by atoms with van der Waals surface area (Å²) in [4.78, 5) is 1.20. The number of rotatable bonds is 6. The van der Waals surface area contributed by atoms with Crippen LogP contribution >= 0.6 is 27.7 Å². The van der Waals surface area contributed by atoms with Gasteiger partial charge in [0.15, 0.2) is 0 Å². The van der Waals surface area contributed by atoms with Crippen molar-refractivity contribution < 1.29 is 5.11 Å². The molecule has 0 saturated heterocycles. The Hall–Kier alpha value is 0.01000. The van der Waals surface area contributed by atoms with Crippen LogP contribution in [0, 0.1) is 5.92 Å². The standard InChI is InChI=1S/C13H19BrOS/c1-10(2)7-8-11(15)9-16-13-6-4-3-5-12(13)14/h3-6,10-11,15H,7-9H2,1-2H3. The lowest BCUT2D eigenvalue weighted by Crippen LogP contribution is -2.10. The van der Waals surface area contributed by atoms with E-state index in [1.54, 1.807) is 11.8 Å². The minimum Gasteiger partial charge on any atom is -0.392 e. The summed E-state index contributed by atoms with van der Waals surface area (Å²) in [5.41, 5.74) is 0. The molecular formula is C13H19BrOS. The van der Waals surface area contributed by atoms with Crippen LogP contribution in [0.25, 0.3) is 0 Å². The van der Waals surface area contributed by atoms with E-state index in [1.807, 2.05) is 18.2 Å². The maximum atomic E-state index is 9.81. The molecule has 0 aliphatic carbocycles. The Morgan fingerprint density at radius 1 is 1.25 bits per heavy atom. The van der Waals surface area contributed by atoms with Gasteiger partial charge >= 0.3 is 0 Å². The molecule has 0 heterocycles. The van der Waals surface area contributed by atoms with Gasteiger partial charge in [-0.1, -0.05) is 26.0 Å². The van der Waals surface area contributed by atoms with E-state index in [1.165, 1.54) is 4.90 Å². The van der Waals surface area contributed by atoms with E-state index in [0.29, 0.717) is 5.92 Å². The zero-order chi connectivity index (χ0) is 12.0. The lowest BCUT2D eigenvalue weighted by atomic mass is 10.1. The zero-order valence-electron chi connectivity index (χ0n) is 9.82. The number of aliphatic hydroxyl groups is 1.